The molecule has 1 aromatic rings. The highest BCUT2D eigenvalue weighted by Gasteiger charge is 2.14. The van der Waals surface area contributed by atoms with Crippen molar-refractivity contribution in [2.45, 2.75) is 24.7 Å². The van der Waals surface area contributed by atoms with Crippen molar-refractivity contribution in [3.63, 3.8) is 0 Å². The fourth-order valence-electron chi connectivity index (χ4n) is 1.42. The first-order chi connectivity index (χ1) is 6.69. The minimum Gasteiger partial charge on any atom is -0.198 e. The molecule has 0 aliphatic heterocycles. The van der Waals surface area contributed by atoms with E-state index in [1.807, 2.05) is 0 Å². The molecule has 0 bridgehead atoms. The first-order valence-electron chi connectivity index (χ1n) is 4.72. The number of benzene rings is 1. The molecule has 14 heavy (non-hydrogen) atoms. The van der Waals surface area contributed by atoms with Crippen molar-refractivity contribution < 1.29 is 0 Å². The molecule has 2 heteroatoms. The van der Waals surface area contributed by atoms with Gasteiger partial charge in [-0.1, -0.05) is 26.0 Å². The van der Waals surface area contributed by atoms with Gasteiger partial charge in [0.25, 0.3) is 0 Å². The molecule has 0 fully saturated rings. The van der Waals surface area contributed by atoms with Gasteiger partial charge < -0.3 is 0 Å². The number of rotatable bonds is 3. The number of hydrogen-bond donors (Lipinski definition) is 0. The fourth-order valence-corrected chi connectivity index (χ4v) is 1.83. The van der Waals surface area contributed by atoms with Gasteiger partial charge in [0, 0.05) is 4.90 Å². The second-order valence-electron chi connectivity index (χ2n) is 3.62. The van der Waals surface area contributed by atoms with E-state index >= 15 is 0 Å². The summed E-state index contributed by atoms with van der Waals surface area (Å²) in [4.78, 5) is 1.24. The van der Waals surface area contributed by atoms with Gasteiger partial charge in [-0.3, -0.25) is 0 Å². The van der Waals surface area contributed by atoms with E-state index in [0.717, 1.165) is 5.56 Å². The van der Waals surface area contributed by atoms with Crippen LogP contribution in [0.2, 0.25) is 0 Å². The molecule has 0 aromatic heterocycles. The van der Waals surface area contributed by atoms with E-state index in [4.69, 9.17) is 5.26 Å². The molecular weight excluding hydrogens is 190 g/mol. The Balaban J connectivity index is 2.91. The minimum absolute atomic E-state index is 0.0194. The predicted molar refractivity (Wildman–Crippen MR) is 61.4 cm³/mol. The molecule has 1 atom stereocenters. The molecule has 0 saturated heterocycles. The first-order valence-corrected chi connectivity index (χ1v) is 5.95. The lowest BCUT2D eigenvalue weighted by Crippen LogP contribution is -2.03. The highest BCUT2D eigenvalue weighted by atomic mass is 32.2. The molecule has 0 spiro atoms. The van der Waals surface area contributed by atoms with Crippen LogP contribution in [0.5, 0.6) is 0 Å². The summed E-state index contributed by atoms with van der Waals surface area (Å²) in [6.45, 7) is 4.16. The molecule has 0 amide bonds. The molecule has 0 N–H and O–H groups in total. The van der Waals surface area contributed by atoms with Crippen LogP contribution in [0.25, 0.3) is 0 Å². The molecule has 0 aliphatic rings. The smallest absolute Gasteiger partial charge is 0.0735 e. The summed E-state index contributed by atoms with van der Waals surface area (Å²) in [5.74, 6) is 0.394. The van der Waals surface area contributed by atoms with Crippen molar-refractivity contribution in [2.75, 3.05) is 6.26 Å². The van der Waals surface area contributed by atoms with Gasteiger partial charge in [-0.2, -0.15) is 5.26 Å². The molecule has 74 valence electrons. The van der Waals surface area contributed by atoms with E-state index in [1.165, 1.54) is 4.90 Å². The third kappa shape index (κ3) is 2.52. The molecule has 1 aromatic carbocycles. The lowest BCUT2D eigenvalue weighted by atomic mass is 9.90. The average molecular weight is 205 g/mol. The van der Waals surface area contributed by atoms with Gasteiger partial charge in [0.05, 0.1) is 12.0 Å². The quantitative estimate of drug-likeness (QED) is 0.703. The van der Waals surface area contributed by atoms with Crippen molar-refractivity contribution in [3.05, 3.63) is 29.8 Å². The van der Waals surface area contributed by atoms with Crippen molar-refractivity contribution in [2.24, 2.45) is 5.92 Å². The van der Waals surface area contributed by atoms with Crippen LogP contribution in [-0.2, 0) is 0 Å². The summed E-state index contributed by atoms with van der Waals surface area (Å²) in [6.07, 6.45) is 2.05. The van der Waals surface area contributed by atoms with Crippen LogP contribution in [0, 0.1) is 17.2 Å². The second kappa shape index (κ2) is 5.07. The Labute approximate surface area is 90.1 Å². The van der Waals surface area contributed by atoms with E-state index in [9.17, 15) is 0 Å². The van der Waals surface area contributed by atoms with E-state index < -0.39 is 0 Å². The van der Waals surface area contributed by atoms with E-state index in [2.05, 4.69) is 50.4 Å². The zero-order valence-electron chi connectivity index (χ0n) is 8.82. The summed E-state index contributed by atoms with van der Waals surface area (Å²) in [5, 5.41) is 9.02. The van der Waals surface area contributed by atoms with Crippen LogP contribution in [0.4, 0.5) is 0 Å². The Morgan fingerprint density at radius 1 is 1.21 bits per heavy atom. The summed E-state index contributed by atoms with van der Waals surface area (Å²) >= 11 is 1.72. The van der Waals surface area contributed by atoms with Crippen LogP contribution < -0.4 is 0 Å². The molecular formula is C12H15NS. The zero-order chi connectivity index (χ0) is 10.6. The molecule has 0 saturated carbocycles. The highest BCUT2D eigenvalue weighted by Crippen LogP contribution is 2.25. The molecule has 0 radical (unpaired) electrons. The number of nitrogens with zero attached hydrogens (tertiary/aromatic N) is 1. The maximum absolute atomic E-state index is 9.02. The third-order valence-corrected chi connectivity index (χ3v) is 3.02. The SMILES string of the molecule is CSc1ccc(C(C#N)C(C)C)cc1. The maximum Gasteiger partial charge on any atom is 0.0735 e. The summed E-state index contributed by atoms with van der Waals surface area (Å²) in [6, 6.07) is 10.6. The molecule has 0 heterocycles. The predicted octanol–water partition coefficient (Wildman–Crippen LogP) is 3.67. The highest BCUT2D eigenvalue weighted by molar-refractivity contribution is 7.98. The standard InChI is InChI=1S/C12H15NS/c1-9(2)12(8-13)10-4-6-11(14-3)7-5-10/h4-7,9,12H,1-3H3. The van der Waals surface area contributed by atoms with Gasteiger partial charge in [0.1, 0.15) is 0 Å². The average Bonchev–Trinajstić information content (AvgIpc) is 2.19. The Hall–Kier alpha value is -0.940. The van der Waals surface area contributed by atoms with Crippen LogP contribution in [-0.4, -0.2) is 6.26 Å². The maximum atomic E-state index is 9.02. The Kier molecular flexibility index (Phi) is 4.03. The Morgan fingerprint density at radius 2 is 1.79 bits per heavy atom. The van der Waals surface area contributed by atoms with Gasteiger partial charge in [-0.05, 0) is 29.9 Å². The largest absolute Gasteiger partial charge is 0.198 e. The summed E-state index contributed by atoms with van der Waals surface area (Å²) in [7, 11) is 0. The Bertz CT molecular complexity index is 321. The number of hydrogen-bond acceptors (Lipinski definition) is 2. The van der Waals surface area contributed by atoms with E-state index in [-0.39, 0.29) is 5.92 Å². The zero-order valence-corrected chi connectivity index (χ0v) is 9.64. The van der Waals surface area contributed by atoms with E-state index in [1.54, 1.807) is 11.8 Å². The first kappa shape index (κ1) is 11.1. The fraction of sp³-hybridized carbons (Fsp3) is 0.417. The minimum atomic E-state index is 0.0194. The lowest BCUT2D eigenvalue weighted by Gasteiger charge is -2.13. The monoisotopic (exact) mass is 205 g/mol. The van der Waals surface area contributed by atoms with Crippen LogP contribution in [0.1, 0.15) is 25.3 Å². The van der Waals surface area contributed by atoms with Crippen molar-refractivity contribution in [1.82, 2.24) is 0 Å². The van der Waals surface area contributed by atoms with Crippen molar-refractivity contribution in [1.29, 1.82) is 5.26 Å². The molecule has 1 nitrogen and oxygen atoms in total. The molecule has 0 aliphatic carbocycles. The number of thioether (sulfide) groups is 1. The summed E-state index contributed by atoms with van der Waals surface area (Å²) < 4.78 is 0. The normalized spacial score (nSPS) is 12.5. The van der Waals surface area contributed by atoms with Crippen molar-refractivity contribution in [3.8, 4) is 6.07 Å². The third-order valence-electron chi connectivity index (χ3n) is 2.28. The van der Waals surface area contributed by atoms with Gasteiger partial charge >= 0.3 is 0 Å². The van der Waals surface area contributed by atoms with Crippen LogP contribution in [0.15, 0.2) is 29.2 Å². The van der Waals surface area contributed by atoms with E-state index in [0.29, 0.717) is 5.92 Å². The lowest BCUT2D eigenvalue weighted by molar-refractivity contribution is 0.587. The number of nitriles is 1. The van der Waals surface area contributed by atoms with Gasteiger partial charge in [0.15, 0.2) is 0 Å². The topological polar surface area (TPSA) is 23.8 Å². The van der Waals surface area contributed by atoms with Crippen LogP contribution in [0.3, 0.4) is 0 Å². The van der Waals surface area contributed by atoms with Gasteiger partial charge in [-0.15, -0.1) is 11.8 Å². The summed E-state index contributed by atoms with van der Waals surface area (Å²) in [5.41, 5.74) is 1.13. The van der Waals surface area contributed by atoms with Gasteiger partial charge in [0.2, 0.25) is 0 Å². The van der Waals surface area contributed by atoms with Crippen molar-refractivity contribution >= 4 is 11.8 Å². The van der Waals surface area contributed by atoms with Gasteiger partial charge in [-0.25, -0.2) is 0 Å². The second-order valence-corrected chi connectivity index (χ2v) is 4.50. The molecule has 1 rings (SSSR count). The van der Waals surface area contributed by atoms with Crippen LogP contribution >= 0.6 is 11.8 Å². The molecule has 1 unspecified atom stereocenters. The Morgan fingerprint density at radius 3 is 2.14 bits per heavy atom.